The van der Waals surface area contributed by atoms with E-state index >= 15 is 0 Å². The number of thioether (sulfide) groups is 1. The third-order valence-electron chi connectivity index (χ3n) is 2.58. The molecule has 0 unspecified atom stereocenters. The van der Waals surface area contributed by atoms with Crippen LogP contribution in [0.25, 0.3) is 0 Å². The molecule has 1 fully saturated rings. The average molecular weight is 207 g/mol. The van der Waals surface area contributed by atoms with Crippen molar-refractivity contribution in [2.45, 2.75) is 36.9 Å². The first kappa shape index (κ1) is 10.1. The van der Waals surface area contributed by atoms with Crippen molar-refractivity contribution < 1.29 is 0 Å². The lowest BCUT2D eigenvalue weighted by atomic mass is 10.1. The summed E-state index contributed by atoms with van der Waals surface area (Å²) < 4.78 is 0. The zero-order valence-electron chi connectivity index (χ0n) is 8.95. The van der Waals surface area contributed by atoms with Gasteiger partial charge in [0.15, 0.2) is 0 Å². The van der Waals surface area contributed by atoms with E-state index < -0.39 is 0 Å². The molecule has 76 valence electrons. The largest absolute Gasteiger partial charge is 0.299 e. The van der Waals surface area contributed by atoms with Gasteiger partial charge in [-0.05, 0) is 26.3 Å². The normalized spacial score (nSPS) is 30.5. The van der Waals surface area contributed by atoms with Crippen LogP contribution in [0, 0.1) is 0 Å². The fourth-order valence-electron chi connectivity index (χ4n) is 2.08. The Morgan fingerprint density at radius 1 is 1.21 bits per heavy atom. The van der Waals surface area contributed by atoms with Crippen molar-refractivity contribution in [2.75, 3.05) is 0 Å². The van der Waals surface area contributed by atoms with Gasteiger partial charge in [0.1, 0.15) is 0 Å². The maximum absolute atomic E-state index is 3.60. The van der Waals surface area contributed by atoms with E-state index in [1.807, 2.05) is 11.8 Å². The summed E-state index contributed by atoms with van der Waals surface area (Å²) in [5, 5.41) is 4.19. The third kappa shape index (κ3) is 1.96. The minimum Gasteiger partial charge on any atom is -0.299 e. The zero-order chi connectivity index (χ0) is 10.2. The standard InChI is InChI=1S/C12H17NS/c1-9-11(14-12(2,3)13-9)10-7-5-4-6-8-10/h4-9,11,13H,1-3H3/t9-,11+/m1/s1. The minimum atomic E-state index is 0.208. The number of rotatable bonds is 1. The minimum absolute atomic E-state index is 0.208. The molecule has 0 saturated carbocycles. The summed E-state index contributed by atoms with van der Waals surface area (Å²) in [5.41, 5.74) is 1.43. The number of nitrogens with one attached hydrogen (secondary N) is 1. The van der Waals surface area contributed by atoms with Crippen molar-refractivity contribution in [3.63, 3.8) is 0 Å². The molecule has 0 aromatic heterocycles. The van der Waals surface area contributed by atoms with Crippen LogP contribution in [-0.4, -0.2) is 10.9 Å². The van der Waals surface area contributed by atoms with Gasteiger partial charge >= 0.3 is 0 Å². The molecule has 2 rings (SSSR count). The van der Waals surface area contributed by atoms with Gasteiger partial charge in [-0.1, -0.05) is 30.3 Å². The summed E-state index contributed by atoms with van der Waals surface area (Å²) in [6, 6.07) is 11.3. The first-order valence-electron chi connectivity index (χ1n) is 5.09. The van der Waals surface area contributed by atoms with Crippen LogP contribution in [0.4, 0.5) is 0 Å². The van der Waals surface area contributed by atoms with Crippen LogP contribution < -0.4 is 5.32 Å². The van der Waals surface area contributed by atoms with Crippen molar-refractivity contribution in [3.05, 3.63) is 35.9 Å². The number of benzene rings is 1. The Kier molecular flexibility index (Phi) is 2.58. The summed E-state index contributed by atoms with van der Waals surface area (Å²) in [6.45, 7) is 6.76. The molecule has 0 bridgehead atoms. The maximum atomic E-state index is 3.60. The number of hydrogen-bond donors (Lipinski definition) is 1. The van der Waals surface area contributed by atoms with E-state index in [0.29, 0.717) is 11.3 Å². The molecule has 1 heterocycles. The molecule has 1 nitrogen and oxygen atoms in total. The van der Waals surface area contributed by atoms with Crippen molar-refractivity contribution in [2.24, 2.45) is 0 Å². The van der Waals surface area contributed by atoms with E-state index in [1.54, 1.807) is 0 Å². The van der Waals surface area contributed by atoms with E-state index in [1.165, 1.54) is 5.56 Å². The second kappa shape index (κ2) is 3.59. The Morgan fingerprint density at radius 3 is 2.36 bits per heavy atom. The van der Waals surface area contributed by atoms with Crippen LogP contribution in [-0.2, 0) is 0 Å². The van der Waals surface area contributed by atoms with Crippen molar-refractivity contribution >= 4 is 11.8 Å². The highest BCUT2D eigenvalue weighted by molar-refractivity contribution is 8.01. The van der Waals surface area contributed by atoms with E-state index in [-0.39, 0.29) is 4.87 Å². The Labute approximate surface area is 90.3 Å². The topological polar surface area (TPSA) is 12.0 Å². The van der Waals surface area contributed by atoms with E-state index in [2.05, 4.69) is 56.4 Å². The zero-order valence-corrected chi connectivity index (χ0v) is 9.77. The molecule has 1 N–H and O–H groups in total. The molecule has 2 atom stereocenters. The monoisotopic (exact) mass is 207 g/mol. The summed E-state index contributed by atoms with van der Waals surface area (Å²) in [7, 11) is 0. The Morgan fingerprint density at radius 2 is 1.86 bits per heavy atom. The SMILES string of the molecule is C[C@H]1NC(C)(C)S[C@@H]1c1ccccc1. The molecule has 0 amide bonds. The van der Waals surface area contributed by atoms with Gasteiger partial charge in [0.05, 0.1) is 4.87 Å². The lowest BCUT2D eigenvalue weighted by Gasteiger charge is -2.16. The summed E-state index contributed by atoms with van der Waals surface area (Å²) in [6.07, 6.45) is 0. The molecule has 0 aliphatic carbocycles. The van der Waals surface area contributed by atoms with Crippen LogP contribution in [0.3, 0.4) is 0 Å². The van der Waals surface area contributed by atoms with Crippen LogP contribution in [0.1, 0.15) is 31.6 Å². The fraction of sp³-hybridized carbons (Fsp3) is 0.500. The summed E-state index contributed by atoms with van der Waals surface area (Å²) >= 11 is 2.02. The second-order valence-electron chi connectivity index (χ2n) is 4.39. The Balaban J connectivity index is 2.21. The highest BCUT2D eigenvalue weighted by Gasteiger charge is 2.37. The Bertz CT molecular complexity index is 307. The van der Waals surface area contributed by atoms with Crippen molar-refractivity contribution in [1.29, 1.82) is 0 Å². The van der Waals surface area contributed by atoms with Crippen LogP contribution in [0.2, 0.25) is 0 Å². The maximum Gasteiger partial charge on any atom is 0.0597 e. The third-order valence-corrected chi connectivity index (χ3v) is 4.22. The smallest absolute Gasteiger partial charge is 0.0597 e. The van der Waals surface area contributed by atoms with Crippen LogP contribution in [0.5, 0.6) is 0 Å². The average Bonchev–Trinajstić information content (AvgIpc) is 2.41. The lowest BCUT2D eigenvalue weighted by molar-refractivity contribution is 0.491. The highest BCUT2D eigenvalue weighted by atomic mass is 32.2. The van der Waals surface area contributed by atoms with Gasteiger partial charge in [-0.15, -0.1) is 11.8 Å². The van der Waals surface area contributed by atoms with Gasteiger partial charge in [-0.25, -0.2) is 0 Å². The molecule has 1 aliphatic rings. The molecule has 14 heavy (non-hydrogen) atoms. The van der Waals surface area contributed by atoms with Gasteiger partial charge in [0, 0.05) is 11.3 Å². The van der Waals surface area contributed by atoms with Crippen molar-refractivity contribution in [1.82, 2.24) is 5.32 Å². The molecule has 1 aromatic rings. The fourth-order valence-corrected chi connectivity index (χ4v) is 3.53. The molecule has 0 spiro atoms. The van der Waals surface area contributed by atoms with Gasteiger partial charge in [-0.2, -0.15) is 0 Å². The van der Waals surface area contributed by atoms with Gasteiger partial charge in [0.25, 0.3) is 0 Å². The van der Waals surface area contributed by atoms with Gasteiger partial charge in [-0.3, -0.25) is 5.32 Å². The molecule has 1 saturated heterocycles. The van der Waals surface area contributed by atoms with E-state index in [0.717, 1.165) is 0 Å². The molecule has 0 radical (unpaired) electrons. The number of hydrogen-bond acceptors (Lipinski definition) is 2. The van der Waals surface area contributed by atoms with Gasteiger partial charge in [0.2, 0.25) is 0 Å². The lowest BCUT2D eigenvalue weighted by Crippen LogP contribution is -2.34. The molecular weight excluding hydrogens is 190 g/mol. The summed E-state index contributed by atoms with van der Waals surface area (Å²) in [5.74, 6) is 0. The van der Waals surface area contributed by atoms with Crippen LogP contribution >= 0.6 is 11.8 Å². The molecule has 1 aliphatic heterocycles. The van der Waals surface area contributed by atoms with Gasteiger partial charge < -0.3 is 0 Å². The Hall–Kier alpha value is -0.470. The highest BCUT2D eigenvalue weighted by Crippen LogP contribution is 2.45. The van der Waals surface area contributed by atoms with Crippen LogP contribution in [0.15, 0.2) is 30.3 Å². The van der Waals surface area contributed by atoms with Crippen molar-refractivity contribution in [3.8, 4) is 0 Å². The quantitative estimate of drug-likeness (QED) is 0.759. The van der Waals surface area contributed by atoms with E-state index in [4.69, 9.17) is 0 Å². The predicted molar refractivity (Wildman–Crippen MR) is 63.5 cm³/mol. The summed E-state index contributed by atoms with van der Waals surface area (Å²) in [4.78, 5) is 0.208. The van der Waals surface area contributed by atoms with E-state index in [9.17, 15) is 0 Å². The first-order valence-corrected chi connectivity index (χ1v) is 5.97. The molecule has 2 heteroatoms. The molecule has 1 aromatic carbocycles. The predicted octanol–water partition coefficient (Wildman–Crippen LogP) is 3.19. The second-order valence-corrected chi connectivity index (χ2v) is 6.16. The first-order chi connectivity index (χ1) is 6.58. The molecular formula is C12H17NS.